The lowest BCUT2D eigenvalue weighted by Crippen LogP contribution is -2.53. The zero-order valence-corrected chi connectivity index (χ0v) is 27.7. The molecule has 4 aliphatic rings. The highest BCUT2D eigenvalue weighted by atomic mass is 35.5. The molecule has 0 bridgehead atoms. The number of hydrogen-bond donors (Lipinski definition) is 1. The number of likely N-dealkylation sites (tertiary alicyclic amines) is 1. The molecule has 3 saturated heterocycles. The van der Waals surface area contributed by atoms with Crippen molar-refractivity contribution in [1.29, 1.82) is 0 Å². The van der Waals surface area contributed by atoms with Gasteiger partial charge in [0.25, 0.3) is 0 Å². The van der Waals surface area contributed by atoms with Crippen LogP contribution < -0.4 is 5.32 Å². The van der Waals surface area contributed by atoms with Gasteiger partial charge in [-0.3, -0.25) is 19.6 Å². The van der Waals surface area contributed by atoms with Gasteiger partial charge < -0.3 is 24.6 Å². The standard InChI is InChI=1S/C31H37ClFN7O5S/c1-17(2)39-14-19(12-24(39)29(41)44-3)40-15-20-13-37(8-9-38(20)31(40)43)16-23-25(30(42)45-4)26(21-6-5-18(33)11-22(21)32)36-27(35-23)28-34-7-10-46-28/h5-7,10-11,17,19-20,24,26H,8-9,12-16H2,1-4H3,(H,35,36)/t19-,20-,24-,26-/m0/s1. The SMILES string of the molecule is COC(=O)C1=C(CN2CCN3C(=O)N([C@H]4C[C@@H](C(=O)OC)N(C(C)C)C4)C[C@@H]3C2)NC(c2nccs2)=N[C@H]1c1ccc(F)cc1Cl. The van der Waals surface area contributed by atoms with Gasteiger partial charge in [-0.05, 0) is 32.4 Å². The van der Waals surface area contributed by atoms with E-state index in [2.05, 4.69) is 20.1 Å². The molecule has 0 radical (unpaired) electrons. The number of nitrogens with one attached hydrogen (secondary N) is 1. The van der Waals surface area contributed by atoms with Crippen molar-refractivity contribution in [2.24, 2.45) is 4.99 Å². The van der Waals surface area contributed by atoms with Crippen LogP contribution >= 0.6 is 22.9 Å². The average molecular weight is 674 g/mol. The summed E-state index contributed by atoms with van der Waals surface area (Å²) >= 11 is 7.89. The Morgan fingerprint density at radius 2 is 1.93 bits per heavy atom. The Balaban J connectivity index is 1.24. The van der Waals surface area contributed by atoms with Crippen molar-refractivity contribution in [3.63, 3.8) is 0 Å². The summed E-state index contributed by atoms with van der Waals surface area (Å²) in [7, 11) is 2.70. The van der Waals surface area contributed by atoms with Crippen LogP contribution in [0.15, 0.2) is 46.0 Å². The summed E-state index contributed by atoms with van der Waals surface area (Å²) in [6, 6.07) is 2.75. The first-order chi connectivity index (χ1) is 22.1. The van der Waals surface area contributed by atoms with E-state index in [9.17, 15) is 18.8 Å². The first-order valence-electron chi connectivity index (χ1n) is 15.2. The fourth-order valence-corrected chi connectivity index (χ4v) is 7.80. The van der Waals surface area contributed by atoms with Crippen LogP contribution in [0.3, 0.4) is 0 Å². The molecule has 2 amide bonds. The molecule has 15 heteroatoms. The quantitative estimate of drug-likeness (QED) is 0.422. The predicted molar refractivity (Wildman–Crippen MR) is 170 cm³/mol. The fourth-order valence-electron chi connectivity index (χ4n) is 6.94. The molecule has 0 aliphatic carbocycles. The Morgan fingerprint density at radius 1 is 1.13 bits per heavy atom. The minimum atomic E-state index is -0.852. The second-order valence-corrected chi connectivity index (χ2v) is 13.4. The van der Waals surface area contributed by atoms with Crippen molar-refractivity contribution in [3.8, 4) is 0 Å². The van der Waals surface area contributed by atoms with Crippen molar-refractivity contribution < 1.29 is 28.2 Å². The van der Waals surface area contributed by atoms with E-state index < -0.39 is 17.8 Å². The number of amides is 2. The number of carbonyl (C=O) groups excluding carboxylic acids is 3. The number of benzene rings is 1. The number of aromatic nitrogens is 1. The predicted octanol–water partition coefficient (Wildman–Crippen LogP) is 2.90. The third kappa shape index (κ3) is 6.10. The van der Waals surface area contributed by atoms with Crippen molar-refractivity contribution in [1.82, 2.24) is 29.9 Å². The fraction of sp³-hybridized carbons (Fsp3) is 0.516. The minimum Gasteiger partial charge on any atom is -0.468 e. The molecule has 5 heterocycles. The van der Waals surface area contributed by atoms with Crippen LogP contribution in [0.25, 0.3) is 0 Å². The first kappa shape index (κ1) is 32.4. The van der Waals surface area contributed by atoms with Gasteiger partial charge >= 0.3 is 18.0 Å². The molecule has 1 aromatic carbocycles. The molecule has 12 nitrogen and oxygen atoms in total. The number of esters is 2. The van der Waals surface area contributed by atoms with Crippen molar-refractivity contribution in [2.45, 2.75) is 50.5 Å². The van der Waals surface area contributed by atoms with Gasteiger partial charge in [0, 0.05) is 79.2 Å². The monoisotopic (exact) mass is 673 g/mol. The molecule has 4 aliphatic heterocycles. The zero-order chi connectivity index (χ0) is 32.7. The minimum absolute atomic E-state index is 0.0154. The van der Waals surface area contributed by atoms with Gasteiger partial charge in [0.2, 0.25) is 0 Å². The van der Waals surface area contributed by atoms with Gasteiger partial charge in [0.05, 0.1) is 25.8 Å². The summed E-state index contributed by atoms with van der Waals surface area (Å²) in [6.07, 6.45) is 2.20. The second-order valence-electron chi connectivity index (χ2n) is 12.1. The maximum Gasteiger partial charge on any atom is 0.338 e. The number of carbonyl (C=O) groups is 3. The lowest BCUT2D eigenvalue weighted by atomic mass is 9.95. The molecule has 1 N–H and O–H groups in total. The number of nitrogens with zero attached hydrogens (tertiary/aromatic N) is 6. The number of thiazole rings is 1. The Kier molecular flexibility index (Phi) is 9.33. The highest BCUT2D eigenvalue weighted by Gasteiger charge is 2.48. The third-order valence-electron chi connectivity index (χ3n) is 9.17. The van der Waals surface area contributed by atoms with E-state index >= 15 is 0 Å². The maximum absolute atomic E-state index is 14.0. The Morgan fingerprint density at radius 3 is 2.61 bits per heavy atom. The molecule has 3 fully saturated rings. The molecular weight excluding hydrogens is 637 g/mol. The first-order valence-corrected chi connectivity index (χ1v) is 16.5. The molecule has 46 heavy (non-hydrogen) atoms. The van der Waals surface area contributed by atoms with E-state index in [4.69, 9.17) is 26.1 Å². The van der Waals surface area contributed by atoms with Crippen molar-refractivity contribution >= 4 is 46.7 Å². The van der Waals surface area contributed by atoms with E-state index in [0.717, 1.165) is 0 Å². The van der Waals surface area contributed by atoms with Crippen LogP contribution in [0.5, 0.6) is 0 Å². The Labute approximate surface area is 275 Å². The number of piperazine rings is 1. The summed E-state index contributed by atoms with van der Waals surface area (Å²) < 4.78 is 24.3. The van der Waals surface area contributed by atoms with E-state index in [1.165, 1.54) is 43.8 Å². The summed E-state index contributed by atoms with van der Waals surface area (Å²) in [4.78, 5) is 56.8. The van der Waals surface area contributed by atoms with Gasteiger partial charge in [0.1, 0.15) is 17.9 Å². The Hall–Kier alpha value is -3.59. The molecule has 1 aromatic heterocycles. The van der Waals surface area contributed by atoms with Crippen LogP contribution in [0.1, 0.15) is 36.9 Å². The number of halogens is 2. The topological polar surface area (TPSA) is 120 Å². The van der Waals surface area contributed by atoms with Gasteiger partial charge in [-0.1, -0.05) is 17.7 Å². The van der Waals surface area contributed by atoms with E-state index in [1.807, 2.05) is 29.0 Å². The highest BCUT2D eigenvalue weighted by Crippen LogP contribution is 2.37. The average Bonchev–Trinajstić information content (AvgIpc) is 3.80. The number of amidine groups is 1. The number of fused-ring (bicyclic) bond motifs is 1. The number of methoxy groups -OCH3 is 2. The third-order valence-corrected chi connectivity index (χ3v) is 10.3. The molecule has 0 saturated carbocycles. The summed E-state index contributed by atoms with van der Waals surface area (Å²) in [5.74, 6) is -0.877. The number of ether oxygens (including phenoxy) is 2. The van der Waals surface area contributed by atoms with Gasteiger partial charge in [-0.2, -0.15) is 0 Å². The molecule has 4 atom stereocenters. The number of urea groups is 1. The molecule has 0 unspecified atom stereocenters. The number of aliphatic imine (C=N–C) groups is 1. The van der Waals surface area contributed by atoms with Gasteiger partial charge in [-0.15, -0.1) is 11.3 Å². The van der Waals surface area contributed by atoms with Crippen LogP contribution in [0.2, 0.25) is 5.02 Å². The van der Waals surface area contributed by atoms with Crippen LogP contribution in [-0.4, -0.2) is 126 Å². The smallest absolute Gasteiger partial charge is 0.338 e. The van der Waals surface area contributed by atoms with Gasteiger partial charge in [0.15, 0.2) is 10.8 Å². The summed E-state index contributed by atoms with van der Waals surface area (Å²) in [6.45, 7) is 7.25. The lowest BCUT2D eigenvalue weighted by molar-refractivity contribution is -0.146. The molecule has 0 spiro atoms. The van der Waals surface area contributed by atoms with Crippen LogP contribution in [-0.2, 0) is 19.1 Å². The normalized spacial score (nSPS) is 25.5. The van der Waals surface area contributed by atoms with Crippen LogP contribution in [0.4, 0.5) is 9.18 Å². The Bertz CT molecular complexity index is 1570. The largest absolute Gasteiger partial charge is 0.468 e. The van der Waals surface area contributed by atoms with E-state index in [1.54, 1.807) is 6.20 Å². The molecular formula is C31H37ClFN7O5S. The van der Waals surface area contributed by atoms with E-state index in [-0.39, 0.29) is 46.8 Å². The number of rotatable bonds is 8. The molecule has 6 rings (SSSR count). The summed E-state index contributed by atoms with van der Waals surface area (Å²) in [5, 5.41) is 5.94. The highest BCUT2D eigenvalue weighted by molar-refractivity contribution is 7.11. The van der Waals surface area contributed by atoms with Crippen molar-refractivity contribution in [2.75, 3.05) is 53.5 Å². The number of hydrogen-bond acceptors (Lipinski definition) is 11. The zero-order valence-electron chi connectivity index (χ0n) is 26.1. The maximum atomic E-state index is 14.0. The second kappa shape index (κ2) is 13.3. The lowest BCUT2D eigenvalue weighted by Gasteiger charge is -2.38. The van der Waals surface area contributed by atoms with Crippen molar-refractivity contribution in [3.05, 3.63) is 62.5 Å². The molecule has 2 aromatic rings. The summed E-state index contributed by atoms with van der Waals surface area (Å²) in [5.41, 5.74) is 1.32. The van der Waals surface area contributed by atoms with Gasteiger partial charge in [-0.25, -0.2) is 19.0 Å². The van der Waals surface area contributed by atoms with Crippen LogP contribution in [0, 0.1) is 5.82 Å². The van der Waals surface area contributed by atoms with E-state index in [0.29, 0.717) is 67.8 Å². The molecule has 246 valence electrons.